The van der Waals surface area contributed by atoms with Gasteiger partial charge in [-0.15, -0.1) is 16.7 Å². The van der Waals surface area contributed by atoms with Gasteiger partial charge in [0.05, 0.1) is 42.6 Å². The second-order valence-electron chi connectivity index (χ2n) is 12.0. The molecule has 0 N–H and O–H groups in total. The van der Waals surface area contributed by atoms with Gasteiger partial charge in [0.15, 0.2) is 5.65 Å². The number of ether oxygens (including phenoxy) is 3. The van der Waals surface area contributed by atoms with Crippen LogP contribution in [-0.2, 0) is 21.4 Å². The zero-order valence-electron chi connectivity index (χ0n) is 25.5. The van der Waals surface area contributed by atoms with E-state index >= 15 is 0 Å². The summed E-state index contributed by atoms with van der Waals surface area (Å²) < 4.78 is 18.3. The number of carbonyl (C=O) groups excluding carboxylic acids is 2. The zero-order valence-corrected chi connectivity index (χ0v) is 26.4. The van der Waals surface area contributed by atoms with Gasteiger partial charge in [0.1, 0.15) is 16.4 Å². The molecule has 1 aliphatic heterocycles. The minimum atomic E-state index is -0.971. The Hall–Kier alpha value is -4.10. The highest BCUT2D eigenvalue weighted by atomic mass is 32.2. The fourth-order valence-electron chi connectivity index (χ4n) is 5.25. The molecule has 3 aromatic heterocycles. The number of amides is 2. The molecule has 43 heavy (non-hydrogen) atoms. The molecule has 4 heterocycles. The Kier molecular flexibility index (Phi) is 7.90. The van der Waals surface area contributed by atoms with E-state index in [0.29, 0.717) is 32.4 Å². The smallest absolute Gasteiger partial charge is 0.427 e. The Morgan fingerprint density at radius 3 is 2.58 bits per heavy atom. The maximum atomic E-state index is 13.4. The van der Waals surface area contributed by atoms with Crippen molar-refractivity contribution in [3.8, 4) is 5.75 Å². The minimum Gasteiger partial charge on any atom is -0.496 e. The van der Waals surface area contributed by atoms with Gasteiger partial charge in [-0.25, -0.2) is 19.3 Å². The van der Waals surface area contributed by atoms with E-state index in [9.17, 15) is 15.1 Å². The molecule has 14 nitrogen and oxygen atoms in total. The van der Waals surface area contributed by atoms with Crippen molar-refractivity contribution in [1.29, 1.82) is 0 Å². The van der Waals surface area contributed by atoms with E-state index in [-0.39, 0.29) is 18.5 Å². The van der Waals surface area contributed by atoms with Crippen LogP contribution >= 0.6 is 11.8 Å². The van der Waals surface area contributed by atoms with Crippen LogP contribution in [0.5, 0.6) is 5.75 Å². The van der Waals surface area contributed by atoms with Crippen molar-refractivity contribution < 1.29 is 23.8 Å². The Labute approximate surface area is 253 Å². The highest BCUT2D eigenvalue weighted by molar-refractivity contribution is 7.99. The van der Waals surface area contributed by atoms with Gasteiger partial charge < -0.3 is 14.2 Å². The van der Waals surface area contributed by atoms with Gasteiger partial charge in [-0.1, -0.05) is 5.11 Å². The lowest BCUT2D eigenvalue weighted by molar-refractivity contribution is 0.0551. The van der Waals surface area contributed by atoms with E-state index < -0.39 is 29.3 Å². The first-order valence-corrected chi connectivity index (χ1v) is 15.0. The molecular formula is C28H35N9O5S. The van der Waals surface area contributed by atoms with Crippen LogP contribution in [0.15, 0.2) is 16.3 Å². The molecule has 228 valence electrons. The largest absolute Gasteiger partial charge is 0.496 e. The summed E-state index contributed by atoms with van der Waals surface area (Å²) in [7, 11) is 1.61. The highest BCUT2D eigenvalue weighted by Crippen LogP contribution is 2.57. The van der Waals surface area contributed by atoms with Crippen molar-refractivity contribution in [2.45, 2.75) is 96.0 Å². The molecule has 2 amide bonds. The third-order valence-corrected chi connectivity index (χ3v) is 8.41. The summed E-state index contributed by atoms with van der Waals surface area (Å²) in [5, 5.41) is 10.4. The zero-order chi connectivity index (χ0) is 31.3. The van der Waals surface area contributed by atoms with E-state index in [2.05, 4.69) is 20.0 Å². The average Bonchev–Trinajstić information content (AvgIpc) is 3.64. The molecule has 0 bridgehead atoms. The molecule has 1 fully saturated rings. The third-order valence-electron chi connectivity index (χ3n) is 7.36. The van der Waals surface area contributed by atoms with Gasteiger partial charge in [-0.05, 0) is 66.8 Å². The van der Waals surface area contributed by atoms with Crippen LogP contribution in [0, 0.1) is 13.8 Å². The summed E-state index contributed by atoms with van der Waals surface area (Å²) >= 11 is 1.37. The molecule has 1 atom stereocenters. The number of hydrogen-bond acceptors (Lipinski definition) is 11. The topological polar surface area (TPSA) is 170 Å². The summed E-state index contributed by atoms with van der Waals surface area (Å²) in [6.07, 6.45) is 0.882. The summed E-state index contributed by atoms with van der Waals surface area (Å²) in [6, 6.07) is -0.362. The summed E-state index contributed by atoms with van der Waals surface area (Å²) in [4.78, 5) is 44.6. The molecule has 5 rings (SSSR count). The Morgan fingerprint density at radius 2 is 1.98 bits per heavy atom. The van der Waals surface area contributed by atoms with E-state index in [1.165, 1.54) is 11.8 Å². The number of hydrogen-bond donors (Lipinski definition) is 0. The van der Waals surface area contributed by atoms with Crippen LogP contribution in [0.3, 0.4) is 0 Å². The molecule has 0 aromatic carbocycles. The van der Waals surface area contributed by atoms with Gasteiger partial charge in [0.25, 0.3) is 0 Å². The number of rotatable bonds is 6. The number of azide groups is 1. The van der Waals surface area contributed by atoms with E-state index in [4.69, 9.17) is 24.3 Å². The summed E-state index contributed by atoms with van der Waals surface area (Å²) in [6.45, 7) is 12.5. The molecule has 0 radical (unpaired) electrons. The van der Waals surface area contributed by atoms with E-state index in [0.717, 1.165) is 35.4 Å². The molecule has 1 aliphatic carbocycles. The van der Waals surface area contributed by atoms with Crippen molar-refractivity contribution >= 4 is 40.9 Å². The molecule has 1 unspecified atom stereocenters. The van der Waals surface area contributed by atoms with Gasteiger partial charge in [-0.3, -0.25) is 4.98 Å². The van der Waals surface area contributed by atoms with Gasteiger partial charge in [0, 0.05) is 33.4 Å². The molecule has 15 heteroatoms. The van der Waals surface area contributed by atoms with Crippen LogP contribution in [0.4, 0.5) is 15.5 Å². The van der Waals surface area contributed by atoms with Crippen LogP contribution in [0.1, 0.15) is 70.0 Å². The SMILES string of the molecule is COc1c(C)cnc(Cn2nc3c4c(nc(N(C(=O)OC(C)C)C(=O)OC(C)(C)C)nc42)SCC(N=[N+]=[N-])C32CC2)c1C. The number of anilines is 1. The normalized spacial score (nSPS) is 16.9. The maximum absolute atomic E-state index is 13.4. The van der Waals surface area contributed by atoms with Gasteiger partial charge in [-0.2, -0.15) is 10.1 Å². The maximum Gasteiger partial charge on any atom is 0.427 e. The lowest BCUT2D eigenvalue weighted by Gasteiger charge is -2.25. The molecule has 3 aromatic rings. The number of carbonyl (C=O) groups is 2. The highest BCUT2D eigenvalue weighted by Gasteiger charge is 2.55. The number of fused-ring (bicyclic) bond motifs is 1. The van der Waals surface area contributed by atoms with Crippen LogP contribution in [0.25, 0.3) is 21.5 Å². The second kappa shape index (κ2) is 11.2. The number of aryl methyl sites for hydroxylation is 1. The van der Waals surface area contributed by atoms with Crippen molar-refractivity contribution in [3.05, 3.63) is 39.2 Å². The molecule has 1 spiro atoms. The lowest BCUT2D eigenvalue weighted by Crippen LogP contribution is -2.43. The number of methoxy groups -OCH3 is 1. The van der Waals surface area contributed by atoms with Gasteiger partial charge in [0.2, 0.25) is 5.95 Å². The Bertz CT molecular complexity index is 1650. The molecule has 1 saturated carbocycles. The molecular weight excluding hydrogens is 574 g/mol. The number of aromatic nitrogens is 5. The number of imide groups is 1. The number of pyridine rings is 1. The van der Waals surface area contributed by atoms with Crippen molar-refractivity contribution in [1.82, 2.24) is 24.7 Å². The van der Waals surface area contributed by atoms with Gasteiger partial charge >= 0.3 is 12.2 Å². The third kappa shape index (κ3) is 5.66. The quantitative estimate of drug-likeness (QED) is 0.140. The van der Waals surface area contributed by atoms with Crippen molar-refractivity contribution in [2.75, 3.05) is 17.8 Å². The number of nitrogens with zero attached hydrogens (tertiary/aromatic N) is 9. The first-order valence-electron chi connectivity index (χ1n) is 14.0. The lowest BCUT2D eigenvalue weighted by atomic mass is 9.93. The van der Waals surface area contributed by atoms with E-state index in [1.54, 1.807) is 52.6 Å². The van der Waals surface area contributed by atoms with E-state index in [1.807, 2.05) is 13.8 Å². The van der Waals surface area contributed by atoms with Crippen LogP contribution in [0.2, 0.25) is 0 Å². The Balaban J connectivity index is 1.73. The fraction of sp³-hybridized carbons (Fsp3) is 0.571. The first-order chi connectivity index (χ1) is 20.3. The predicted molar refractivity (Wildman–Crippen MR) is 160 cm³/mol. The Morgan fingerprint density at radius 1 is 1.26 bits per heavy atom. The predicted octanol–water partition coefficient (Wildman–Crippen LogP) is 6.00. The standard InChI is InChI=1S/C28H35N9O5S/c1-14(2)41-25(38)37(26(39)42-27(5,6)7)24-31-22-19-21(28(9-10-28)18(33-35-29)13-43-23(19)32-24)34-36(22)12-17-16(4)20(40-8)15(3)11-30-17/h11,14,18H,9-10,12-13H2,1-8H3. The minimum absolute atomic E-state index is 0.208. The van der Waals surface area contributed by atoms with Crippen LogP contribution in [-0.4, -0.2) is 67.5 Å². The number of thioether (sulfide) groups is 1. The summed E-state index contributed by atoms with van der Waals surface area (Å²) in [5.41, 5.74) is 11.6. The summed E-state index contributed by atoms with van der Waals surface area (Å²) in [5.74, 6) is 0.967. The molecule has 0 saturated heterocycles. The van der Waals surface area contributed by atoms with Crippen LogP contribution < -0.4 is 9.64 Å². The van der Waals surface area contributed by atoms with Crippen molar-refractivity contribution in [3.63, 3.8) is 0 Å². The first kappa shape index (κ1) is 30.4. The molecule has 2 aliphatic rings. The average molecular weight is 610 g/mol. The monoisotopic (exact) mass is 609 g/mol. The van der Waals surface area contributed by atoms with Crippen molar-refractivity contribution in [2.24, 2.45) is 5.11 Å². The second-order valence-corrected chi connectivity index (χ2v) is 13.0. The fourth-order valence-corrected chi connectivity index (χ4v) is 6.43.